The second-order valence-corrected chi connectivity index (χ2v) is 3.53. The van der Waals surface area contributed by atoms with E-state index in [0.717, 1.165) is 13.0 Å². The summed E-state index contributed by atoms with van der Waals surface area (Å²) >= 11 is 0. The first-order chi connectivity index (χ1) is 5.52. The maximum absolute atomic E-state index is 9.61. The summed E-state index contributed by atoms with van der Waals surface area (Å²) in [5.74, 6) is 0. The van der Waals surface area contributed by atoms with Crippen LogP contribution in [0.4, 0.5) is 0 Å². The summed E-state index contributed by atoms with van der Waals surface area (Å²) in [6, 6.07) is 0. The number of ether oxygens (including phenoxy) is 1. The fraction of sp³-hybridized carbons (Fsp3) is 1.00. The maximum Gasteiger partial charge on any atom is 0.0741 e. The molecule has 12 heavy (non-hydrogen) atoms. The third-order valence-corrected chi connectivity index (χ3v) is 2.10. The van der Waals surface area contributed by atoms with Crippen LogP contribution in [0.1, 0.15) is 27.2 Å². The van der Waals surface area contributed by atoms with Crippen LogP contribution in [-0.4, -0.2) is 37.0 Å². The van der Waals surface area contributed by atoms with Crippen molar-refractivity contribution in [3.8, 4) is 0 Å². The molecule has 0 rings (SSSR count). The van der Waals surface area contributed by atoms with E-state index in [-0.39, 0.29) is 6.10 Å². The van der Waals surface area contributed by atoms with Crippen molar-refractivity contribution in [3.05, 3.63) is 0 Å². The lowest BCUT2D eigenvalue weighted by Crippen LogP contribution is -2.40. The first kappa shape index (κ1) is 11.9. The molecule has 0 bridgehead atoms. The van der Waals surface area contributed by atoms with Crippen molar-refractivity contribution in [2.45, 2.75) is 38.9 Å². The van der Waals surface area contributed by atoms with Gasteiger partial charge in [0.05, 0.1) is 11.7 Å². The molecule has 2 atom stereocenters. The van der Waals surface area contributed by atoms with Gasteiger partial charge in [-0.15, -0.1) is 0 Å². The minimum absolute atomic E-state index is 0.206. The molecule has 3 heteroatoms. The number of aliphatic hydroxyl groups is 1. The highest BCUT2D eigenvalue weighted by atomic mass is 16.5. The van der Waals surface area contributed by atoms with Crippen molar-refractivity contribution in [1.82, 2.24) is 5.32 Å². The molecule has 0 aromatic rings. The summed E-state index contributed by atoms with van der Waals surface area (Å²) in [6.07, 6.45) is 0.971. The Labute approximate surface area is 75.1 Å². The fourth-order valence-electron chi connectivity index (χ4n) is 0.753. The summed E-state index contributed by atoms with van der Waals surface area (Å²) in [5.41, 5.74) is -0.590. The van der Waals surface area contributed by atoms with E-state index in [0.29, 0.717) is 6.54 Å². The van der Waals surface area contributed by atoms with Crippen LogP contribution >= 0.6 is 0 Å². The first-order valence-electron chi connectivity index (χ1n) is 4.47. The number of hydrogen-bond donors (Lipinski definition) is 2. The van der Waals surface area contributed by atoms with Gasteiger partial charge in [0.25, 0.3) is 0 Å². The van der Waals surface area contributed by atoms with Crippen molar-refractivity contribution in [1.29, 1.82) is 0 Å². The SMILES string of the molecule is CCC(C)(O)CNCC(C)OC. The minimum Gasteiger partial charge on any atom is -0.389 e. The molecule has 0 aliphatic rings. The molecule has 0 saturated heterocycles. The van der Waals surface area contributed by atoms with Gasteiger partial charge < -0.3 is 15.2 Å². The quantitative estimate of drug-likeness (QED) is 0.626. The zero-order valence-corrected chi connectivity index (χ0v) is 8.55. The van der Waals surface area contributed by atoms with Gasteiger partial charge in [-0.2, -0.15) is 0 Å². The molecular formula is C9H21NO2. The van der Waals surface area contributed by atoms with Gasteiger partial charge >= 0.3 is 0 Å². The Kier molecular flexibility index (Phi) is 5.46. The fourth-order valence-corrected chi connectivity index (χ4v) is 0.753. The van der Waals surface area contributed by atoms with E-state index < -0.39 is 5.60 Å². The topological polar surface area (TPSA) is 41.5 Å². The van der Waals surface area contributed by atoms with Crippen LogP contribution in [0.15, 0.2) is 0 Å². The molecule has 3 nitrogen and oxygen atoms in total. The van der Waals surface area contributed by atoms with Crippen LogP contribution in [-0.2, 0) is 4.74 Å². The van der Waals surface area contributed by atoms with Crippen LogP contribution in [0.25, 0.3) is 0 Å². The summed E-state index contributed by atoms with van der Waals surface area (Å²) in [6.45, 7) is 7.20. The van der Waals surface area contributed by atoms with Crippen molar-refractivity contribution in [2.75, 3.05) is 20.2 Å². The second-order valence-electron chi connectivity index (χ2n) is 3.53. The Morgan fingerprint density at radius 3 is 2.58 bits per heavy atom. The number of nitrogens with one attached hydrogen (secondary N) is 1. The van der Waals surface area contributed by atoms with Crippen LogP contribution in [0.5, 0.6) is 0 Å². The molecule has 0 aliphatic carbocycles. The van der Waals surface area contributed by atoms with Gasteiger partial charge in [0.2, 0.25) is 0 Å². The summed E-state index contributed by atoms with van der Waals surface area (Å²) < 4.78 is 5.05. The third kappa shape index (κ3) is 5.52. The zero-order valence-electron chi connectivity index (χ0n) is 8.55. The van der Waals surface area contributed by atoms with E-state index in [1.165, 1.54) is 0 Å². The van der Waals surface area contributed by atoms with Crippen molar-refractivity contribution in [2.24, 2.45) is 0 Å². The van der Waals surface area contributed by atoms with Gasteiger partial charge in [-0.3, -0.25) is 0 Å². The van der Waals surface area contributed by atoms with E-state index in [9.17, 15) is 5.11 Å². The highest BCUT2D eigenvalue weighted by Gasteiger charge is 2.16. The monoisotopic (exact) mass is 175 g/mol. The van der Waals surface area contributed by atoms with Crippen LogP contribution in [0.2, 0.25) is 0 Å². The molecule has 0 amide bonds. The second kappa shape index (κ2) is 5.51. The van der Waals surface area contributed by atoms with Crippen LogP contribution in [0, 0.1) is 0 Å². The predicted octanol–water partition coefficient (Wildman–Crippen LogP) is 0.772. The lowest BCUT2D eigenvalue weighted by atomic mass is 10.0. The molecule has 0 heterocycles. The Bertz CT molecular complexity index is 115. The Balaban J connectivity index is 3.42. The number of hydrogen-bond acceptors (Lipinski definition) is 3. The summed E-state index contributed by atoms with van der Waals surface area (Å²) in [4.78, 5) is 0. The first-order valence-corrected chi connectivity index (χ1v) is 4.47. The van der Waals surface area contributed by atoms with Gasteiger partial charge in [-0.1, -0.05) is 6.92 Å². The summed E-state index contributed by atoms with van der Waals surface area (Å²) in [7, 11) is 1.68. The van der Waals surface area contributed by atoms with Crippen LogP contribution < -0.4 is 5.32 Å². The van der Waals surface area contributed by atoms with Gasteiger partial charge in [0.15, 0.2) is 0 Å². The van der Waals surface area contributed by atoms with E-state index in [2.05, 4.69) is 5.32 Å². The predicted molar refractivity (Wildman–Crippen MR) is 50.3 cm³/mol. The van der Waals surface area contributed by atoms with Gasteiger partial charge in [0, 0.05) is 20.2 Å². The molecule has 0 fully saturated rings. The third-order valence-electron chi connectivity index (χ3n) is 2.10. The molecule has 0 radical (unpaired) electrons. The minimum atomic E-state index is -0.590. The molecule has 2 unspecified atom stereocenters. The average Bonchev–Trinajstić information content (AvgIpc) is 2.04. The number of methoxy groups -OCH3 is 1. The molecule has 74 valence electrons. The molecule has 2 N–H and O–H groups in total. The van der Waals surface area contributed by atoms with E-state index in [1.807, 2.05) is 20.8 Å². The molecular weight excluding hydrogens is 154 g/mol. The van der Waals surface area contributed by atoms with Crippen molar-refractivity contribution in [3.63, 3.8) is 0 Å². The van der Waals surface area contributed by atoms with Gasteiger partial charge in [-0.25, -0.2) is 0 Å². The van der Waals surface area contributed by atoms with Crippen molar-refractivity contribution < 1.29 is 9.84 Å². The van der Waals surface area contributed by atoms with E-state index in [4.69, 9.17) is 4.74 Å². The average molecular weight is 175 g/mol. The number of rotatable bonds is 6. The molecule has 0 aliphatic heterocycles. The lowest BCUT2D eigenvalue weighted by molar-refractivity contribution is 0.0489. The molecule has 0 saturated carbocycles. The molecule has 0 aromatic heterocycles. The standard InChI is InChI=1S/C9H21NO2/c1-5-9(3,11)7-10-6-8(2)12-4/h8,10-11H,5-7H2,1-4H3. The van der Waals surface area contributed by atoms with Gasteiger partial charge in [-0.05, 0) is 20.3 Å². The van der Waals surface area contributed by atoms with E-state index >= 15 is 0 Å². The lowest BCUT2D eigenvalue weighted by Gasteiger charge is -2.22. The molecule has 0 aromatic carbocycles. The molecule has 0 spiro atoms. The smallest absolute Gasteiger partial charge is 0.0741 e. The van der Waals surface area contributed by atoms with Gasteiger partial charge in [0.1, 0.15) is 0 Å². The highest BCUT2D eigenvalue weighted by molar-refractivity contribution is 4.73. The normalized spacial score (nSPS) is 18.8. The highest BCUT2D eigenvalue weighted by Crippen LogP contribution is 2.05. The Morgan fingerprint density at radius 2 is 2.17 bits per heavy atom. The largest absolute Gasteiger partial charge is 0.389 e. The Morgan fingerprint density at radius 1 is 1.58 bits per heavy atom. The summed E-state index contributed by atoms with van der Waals surface area (Å²) in [5, 5.41) is 12.8. The Hall–Kier alpha value is -0.120. The maximum atomic E-state index is 9.61. The van der Waals surface area contributed by atoms with Crippen LogP contribution in [0.3, 0.4) is 0 Å². The van der Waals surface area contributed by atoms with Crippen molar-refractivity contribution >= 4 is 0 Å². The zero-order chi connectivity index (χ0) is 9.61. The van der Waals surface area contributed by atoms with E-state index in [1.54, 1.807) is 7.11 Å².